The summed E-state index contributed by atoms with van der Waals surface area (Å²) in [5.74, 6) is 1.27. The van der Waals surface area contributed by atoms with Crippen molar-refractivity contribution in [1.29, 1.82) is 0 Å². The number of halogens is 2. The van der Waals surface area contributed by atoms with Crippen LogP contribution >= 0.6 is 35.4 Å². The number of likely N-dealkylation sites (tertiary alicyclic amines) is 1. The second-order valence-electron chi connectivity index (χ2n) is 5.85. The molecule has 0 aliphatic carbocycles. The summed E-state index contributed by atoms with van der Waals surface area (Å²) in [4.78, 5) is 3.09. The zero-order valence-corrected chi connectivity index (χ0v) is 16.3. The van der Waals surface area contributed by atoms with E-state index in [1.807, 2.05) is 24.3 Å². The minimum Gasteiger partial charge on any atom is -0.493 e. The van der Waals surface area contributed by atoms with Crippen molar-refractivity contribution in [3.63, 3.8) is 0 Å². The summed E-state index contributed by atoms with van der Waals surface area (Å²) in [6.45, 7) is 2.31. The Kier molecular flexibility index (Phi) is 6.05. The van der Waals surface area contributed by atoms with Crippen molar-refractivity contribution in [3.05, 3.63) is 57.6 Å². The van der Waals surface area contributed by atoms with Gasteiger partial charge in [0.25, 0.3) is 0 Å². The first-order valence-electron chi connectivity index (χ1n) is 8.13. The van der Waals surface area contributed by atoms with Crippen molar-refractivity contribution in [3.8, 4) is 11.5 Å². The number of hydrogen-bond donors (Lipinski definition) is 0. The van der Waals surface area contributed by atoms with Gasteiger partial charge in [0.05, 0.1) is 7.11 Å². The van der Waals surface area contributed by atoms with E-state index < -0.39 is 0 Å². The molecule has 3 rings (SSSR count). The molecule has 0 bridgehead atoms. The zero-order chi connectivity index (χ0) is 17.8. The highest BCUT2D eigenvalue weighted by Gasteiger charge is 2.18. The smallest absolute Gasteiger partial charge is 0.161 e. The Labute approximate surface area is 163 Å². The standard InChI is InChI=1S/C19H19Cl2NO2S/c1-23-18-11-13(19(25)22-9-2-3-10-22)7-8-17(18)24-12-14-15(20)5-4-6-16(14)21/h4-8,11H,2-3,9-10,12H2,1H3. The monoisotopic (exact) mass is 395 g/mol. The molecule has 25 heavy (non-hydrogen) atoms. The van der Waals surface area contributed by atoms with Crippen LogP contribution in [0.3, 0.4) is 0 Å². The first-order valence-corrected chi connectivity index (χ1v) is 9.29. The van der Waals surface area contributed by atoms with E-state index in [0.29, 0.717) is 21.5 Å². The third-order valence-electron chi connectivity index (χ3n) is 4.24. The van der Waals surface area contributed by atoms with Gasteiger partial charge in [-0.25, -0.2) is 0 Å². The quantitative estimate of drug-likeness (QED) is 0.635. The third kappa shape index (κ3) is 4.20. The molecular formula is C19H19Cl2NO2S. The van der Waals surface area contributed by atoms with Crippen LogP contribution in [0.4, 0.5) is 0 Å². The summed E-state index contributed by atoms with van der Waals surface area (Å²) < 4.78 is 11.4. The molecule has 0 spiro atoms. The van der Waals surface area contributed by atoms with E-state index in [1.54, 1.807) is 19.2 Å². The van der Waals surface area contributed by atoms with Gasteiger partial charge in [-0.3, -0.25) is 0 Å². The van der Waals surface area contributed by atoms with Crippen molar-refractivity contribution >= 4 is 40.4 Å². The van der Waals surface area contributed by atoms with Gasteiger partial charge in [0, 0.05) is 34.3 Å². The van der Waals surface area contributed by atoms with Crippen LogP contribution in [0.25, 0.3) is 0 Å². The molecule has 1 saturated heterocycles. The average Bonchev–Trinajstić information content (AvgIpc) is 3.15. The van der Waals surface area contributed by atoms with Crippen LogP contribution in [0.2, 0.25) is 10.0 Å². The van der Waals surface area contributed by atoms with E-state index in [0.717, 1.165) is 29.2 Å². The van der Waals surface area contributed by atoms with Crippen LogP contribution in [0, 0.1) is 0 Å². The second kappa shape index (κ2) is 8.26. The lowest BCUT2D eigenvalue weighted by atomic mass is 10.2. The van der Waals surface area contributed by atoms with Crippen LogP contribution in [0.15, 0.2) is 36.4 Å². The highest BCUT2D eigenvalue weighted by atomic mass is 35.5. The summed E-state index contributed by atoms with van der Waals surface area (Å²) in [7, 11) is 1.62. The number of rotatable bonds is 5. The number of benzene rings is 2. The van der Waals surface area contributed by atoms with Crippen molar-refractivity contribution < 1.29 is 9.47 Å². The number of methoxy groups -OCH3 is 1. The molecule has 0 radical (unpaired) electrons. The molecule has 2 aromatic carbocycles. The number of ether oxygens (including phenoxy) is 2. The molecule has 0 saturated carbocycles. The van der Waals surface area contributed by atoms with Gasteiger partial charge in [-0.05, 0) is 43.2 Å². The fraction of sp³-hybridized carbons (Fsp3) is 0.316. The summed E-state index contributed by atoms with van der Waals surface area (Å²) in [6, 6.07) is 11.2. The first-order chi connectivity index (χ1) is 12.1. The van der Waals surface area contributed by atoms with Gasteiger partial charge in [0.1, 0.15) is 11.6 Å². The van der Waals surface area contributed by atoms with Crippen LogP contribution in [0.5, 0.6) is 11.5 Å². The molecule has 0 atom stereocenters. The first kappa shape index (κ1) is 18.3. The Hall–Kier alpha value is -1.49. The Morgan fingerprint density at radius 2 is 1.76 bits per heavy atom. The topological polar surface area (TPSA) is 21.7 Å². The van der Waals surface area contributed by atoms with Gasteiger partial charge in [-0.1, -0.05) is 41.5 Å². The minimum atomic E-state index is 0.269. The molecule has 0 N–H and O–H groups in total. The van der Waals surface area contributed by atoms with Crippen molar-refractivity contribution in [1.82, 2.24) is 4.90 Å². The van der Waals surface area contributed by atoms with Crippen molar-refractivity contribution in [2.45, 2.75) is 19.4 Å². The highest BCUT2D eigenvalue weighted by molar-refractivity contribution is 7.80. The van der Waals surface area contributed by atoms with Gasteiger partial charge in [-0.2, -0.15) is 0 Å². The Morgan fingerprint density at radius 1 is 1.08 bits per heavy atom. The molecule has 0 aromatic heterocycles. The summed E-state index contributed by atoms with van der Waals surface area (Å²) in [6.07, 6.45) is 2.38. The fourth-order valence-electron chi connectivity index (χ4n) is 2.84. The second-order valence-corrected chi connectivity index (χ2v) is 7.05. The van der Waals surface area contributed by atoms with Gasteiger partial charge >= 0.3 is 0 Å². The van der Waals surface area contributed by atoms with Crippen molar-refractivity contribution in [2.24, 2.45) is 0 Å². The zero-order valence-electron chi connectivity index (χ0n) is 13.9. The van der Waals surface area contributed by atoms with E-state index in [-0.39, 0.29) is 6.61 Å². The molecule has 0 unspecified atom stereocenters. The van der Waals surface area contributed by atoms with Crippen LogP contribution in [-0.2, 0) is 6.61 Å². The average molecular weight is 396 g/mol. The van der Waals surface area contributed by atoms with Crippen LogP contribution in [-0.4, -0.2) is 30.1 Å². The highest BCUT2D eigenvalue weighted by Crippen LogP contribution is 2.32. The lowest BCUT2D eigenvalue weighted by molar-refractivity contribution is 0.284. The van der Waals surface area contributed by atoms with E-state index in [9.17, 15) is 0 Å². The largest absolute Gasteiger partial charge is 0.493 e. The van der Waals surface area contributed by atoms with Gasteiger partial charge in [0.15, 0.2) is 11.5 Å². The normalized spacial score (nSPS) is 13.8. The molecule has 132 valence electrons. The maximum Gasteiger partial charge on any atom is 0.161 e. The number of thiocarbonyl (C=S) groups is 1. The van der Waals surface area contributed by atoms with E-state index in [2.05, 4.69) is 4.90 Å². The number of nitrogens with zero attached hydrogens (tertiary/aromatic N) is 1. The maximum atomic E-state index is 6.19. The van der Waals surface area contributed by atoms with Crippen LogP contribution < -0.4 is 9.47 Å². The lowest BCUT2D eigenvalue weighted by Gasteiger charge is -2.20. The van der Waals surface area contributed by atoms with Crippen LogP contribution in [0.1, 0.15) is 24.0 Å². The molecule has 3 nitrogen and oxygen atoms in total. The fourth-order valence-corrected chi connectivity index (χ4v) is 3.66. The molecule has 1 fully saturated rings. The molecule has 2 aromatic rings. The predicted molar refractivity (Wildman–Crippen MR) is 106 cm³/mol. The third-order valence-corrected chi connectivity index (χ3v) is 5.44. The molecule has 1 aliphatic rings. The molecule has 1 aliphatic heterocycles. The van der Waals surface area contributed by atoms with E-state index in [4.69, 9.17) is 44.9 Å². The Balaban J connectivity index is 1.77. The molecular weight excluding hydrogens is 377 g/mol. The lowest BCUT2D eigenvalue weighted by Crippen LogP contribution is -2.26. The predicted octanol–water partition coefficient (Wildman–Crippen LogP) is 5.35. The van der Waals surface area contributed by atoms with Gasteiger partial charge in [0.2, 0.25) is 0 Å². The van der Waals surface area contributed by atoms with E-state index in [1.165, 1.54) is 12.8 Å². The SMILES string of the molecule is COc1cc(C(=S)N2CCCC2)ccc1OCc1c(Cl)cccc1Cl. The van der Waals surface area contributed by atoms with Crippen molar-refractivity contribution in [2.75, 3.05) is 20.2 Å². The Bertz CT molecular complexity index is 756. The minimum absolute atomic E-state index is 0.269. The molecule has 1 heterocycles. The van der Waals surface area contributed by atoms with Gasteiger partial charge < -0.3 is 14.4 Å². The van der Waals surface area contributed by atoms with Gasteiger partial charge in [-0.15, -0.1) is 0 Å². The summed E-state index contributed by atoms with van der Waals surface area (Å²) in [5.41, 5.74) is 1.72. The molecule has 0 amide bonds. The molecule has 6 heteroatoms. The maximum absolute atomic E-state index is 6.19. The summed E-state index contributed by atoms with van der Waals surface area (Å²) >= 11 is 18.0. The summed E-state index contributed by atoms with van der Waals surface area (Å²) in [5, 5.41) is 1.16. The van der Waals surface area contributed by atoms with E-state index >= 15 is 0 Å². The number of hydrogen-bond acceptors (Lipinski definition) is 3. The Morgan fingerprint density at radius 3 is 2.40 bits per heavy atom.